The number of ether oxygens (including phenoxy) is 2. The lowest BCUT2D eigenvalue weighted by molar-refractivity contribution is -0.147. The van der Waals surface area contributed by atoms with Crippen LogP contribution in [0.1, 0.15) is 45.7 Å². The fourth-order valence-corrected chi connectivity index (χ4v) is 5.80. The van der Waals surface area contributed by atoms with Gasteiger partial charge in [0, 0.05) is 45.9 Å². The molecule has 1 unspecified atom stereocenters. The molecule has 2 aliphatic heterocycles. The van der Waals surface area contributed by atoms with Crippen LogP contribution in [0.5, 0.6) is 0 Å². The number of carbonyl (C=O) groups excluding carboxylic acids is 5. The van der Waals surface area contributed by atoms with Crippen LogP contribution in [0, 0.1) is 5.92 Å². The number of carbonyl (C=O) groups is 5. The van der Waals surface area contributed by atoms with Gasteiger partial charge in [-0.05, 0) is 37.8 Å². The SMILES string of the molecule is COCC(=O)N1C=C(c2ccccc2)N(CC(=O)N[C@@H](Cc2ccccc2)C(=O)N2CCN(C(=O)OC(C)(C)C)CC2)C(=O)C1C(C)C. The summed E-state index contributed by atoms with van der Waals surface area (Å²) in [5, 5.41) is 2.91. The van der Waals surface area contributed by atoms with E-state index >= 15 is 0 Å². The van der Waals surface area contributed by atoms with E-state index in [4.69, 9.17) is 9.47 Å². The molecule has 0 bridgehead atoms. The van der Waals surface area contributed by atoms with Crippen molar-refractivity contribution in [1.82, 2.24) is 24.9 Å². The molecule has 2 heterocycles. The summed E-state index contributed by atoms with van der Waals surface area (Å²) in [5.74, 6) is -1.84. The Kier molecular flexibility index (Phi) is 12.0. The Morgan fingerprint density at radius 2 is 1.48 bits per heavy atom. The molecule has 12 nitrogen and oxygen atoms in total. The maximum Gasteiger partial charge on any atom is 0.410 e. The predicted octanol–water partition coefficient (Wildman–Crippen LogP) is 3.13. The Morgan fingerprint density at radius 3 is 2.04 bits per heavy atom. The second kappa shape index (κ2) is 15.9. The molecule has 0 spiro atoms. The second-order valence-electron chi connectivity index (χ2n) is 13.3. The summed E-state index contributed by atoms with van der Waals surface area (Å²) < 4.78 is 10.6. The van der Waals surface area contributed by atoms with E-state index in [0.717, 1.165) is 5.56 Å². The molecule has 0 saturated carbocycles. The Bertz CT molecular complexity index is 1480. The van der Waals surface area contributed by atoms with Gasteiger partial charge in [-0.25, -0.2) is 4.79 Å². The van der Waals surface area contributed by atoms with Gasteiger partial charge in [0.1, 0.15) is 30.8 Å². The number of hydrogen-bond acceptors (Lipinski definition) is 7. The monoisotopic (exact) mass is 661 g/mol. The highest BCUT2D eigenvalue weighted by atomic mass is 16.6. The Hall–Kier alpha value is -4.71. The Labute approximate surface area is 282 Å². The minimum absolute atomic E-state index is 0.204. The molecule has 2 aliphatic rings. The van der Waals surface area contributed by atoms with Crippen LogP contribution in [0.2, 0.25) is 0 Å². The van der Waals surface area contributed by atoms with Crippen LogP contribution in [-0.4, -0.2) is 113 Å². The molecule has 5 amide bonds. The molecule has 2 aromatic carbocycles. The fourth-order valence-electron chi connectivity index (χ4n) is 5.80. The second-order valence-corrected chi connectivity index (χ2v) is 13.3. The molecule has 0 radical (unpaired) electrons. The van der Waals surface area contributed by atoms with Crippen molar-refractivity contribution >= 4 is 35.4 Å². The normalized spacial score (nSPS) is 17.6. The van der Waals surface area contributed by atoms with Crippen molar-refractivity contribution in [2.45, 2.75) is 58.7 Å². The molecule has 48 heavy (non-hydrogen) atoms. The molecule has 0 aromatic heterocycles. The summed E-state index contributed by atoms with van der Waals surface area (Å²) in [5.41, 5.74) is 1.26. The smallest absolute Gasteiger partial charge is 0.410 e. The van der Waals surface area contributed by atoms with E-state index < -0.39 is 35.6 Å². The van der Waals surface area contributed by atoms with Gasteiger partial charge < -0.3 is 29.5 Å². The fraction of sp³-hybridized carbons (Fsp3) is 0.472. The first-order valence-corrected chi connectivity index (χ1v) is 16.3. The van der Waals surface area contributed by atoms with E-state index in [2.05, 4.69) is 5.32 Å². The van der Waals surface area contributed by atoms with E-state index in [-0.39, 0.29) is 50.4 Å². The lowest BCUT2D eigenvalue weighted by atomic mass is 9.97. The summed E-state index contributed by atoms with van der Waals surface area (Å²) in [6.07, 6.45) is 1.41. The number of amides is 5. The summed E-state index contributed by atoms with van der Waals surface area (Å²) in [6, 6.07) is 16.7. The zero-order valence-corrected chi connectivity index (χ0v) is 28.7. The summed E-state index contributed by atoms with van der Waals surface area (Å²) >= 11 is 0. The van der Waals surface area contributed by atoms with E-state index in [1.807, 2.05) is 62.4 Å². The summed E-state index contributed by atoms with van der Waals surface area (Å²) in [4.78, 5) is 73.5. The maximum atomic E-state index is 14.1. The van der Waals surface area contributed by atoms with E-state index in [0.29, 0.717) is 24.4 Å². The van der Waals surface area contributed by atoms with Crippen LogP contribution < -0.4 is 5.32 Å². The number of piperazine rings is 1. The van der Waals surface area contributed by atoms with Crippen LogP contribution in [0.15, 0.2) is 66.9 Å². The zero-order chi connectivity index (χ0) is 35.0. The first-order valence-electron chi connectivity index (χ1n) is 16.3. The van der Waals surface area contributed by atoms with E-state index in [9.17, 15) is 24.0 Å². The first-order chi connectivity index (χ1) is 22.8. The standard InChI is InChI=1S/C36H47N5O7/c1-25(2)32-34(45)40(29(27-15-11-8-12-16-27)22-41(32)31(43)24-47-6)23-30(42)37-28(21-26-13-9-7-10-14-26)33(44)38-17-19-39(20-18-38)35(46)48-36(3,4)5/h7-16,22,25,28,32H,17-21,23-24H2,1-6H3,(H,37,42)/t28-,32?/m0/s1. The molecule has 0 aliphatic carbocycles. The number of hydrogen-bond donors (Lipinski definition) is 1. The summed E-state index contributed by atoms with van der Waals surface area (Å²) in [6.45, 7) is 9.69. The third-order valence-corrected chi connectivity index (χ3v) is 8.09. The van der Waals surface area contributed by atoms with Crippen molar-refractivity contribution in [1.29, 1.82) is 0 Å². The van der Waals surface area contributed by atoms with Gasteiger partial charge in [0.15, 0.2) is 0 Å². The quantitative estimate of drug-likeness (QED) is 0.415. The predicted molar refractivity (Wildman–Crippen MR) is 180 cm³/mol. The number of methoxy groups -OCH3 is 1. The molecule has 12 heteroatoms. The van der Waals surface area contributed by atoms with Gasteiger partial charge >= 0.3 is 6.09 Å². The van der Waals surface area contributed by atoms with E-state index in [1.54, 1.807) is 48.9 Å². The molecule has 1 saturated heterocycles. The van der Waals surface area contributed by atoms with Crippen molar-refractivity contribution in [3.8, 4) is 0 Å². The van der Waals surface area contributed by atoms with Gasteiger partial charge in [-0.2, -0.15) is 0 Å². The highest BCUT2D eigenvalue weighted by Crippen LogP contribution is 2.30. The van der Waals surface area contributed by atoms with Crippen LogP contribution in [-0.2, 0) is 35.1 Å². The van der Waals surface area contributed by atoms with Gasteiger partial charge in [0.25, 0.3) is 11.8 Å². The minimum atomic E-state index is -0.919. The van der Waals surface area contributed by atoms with Crippen LogP contribution in [0.4, 0.5) is 4.79 Å². The Balaban J connectivity index is 1.56. The largest absolute Gasteiger partial charge is 0.444 e. The number of nitrogens with one attached hydrogen (secondary N) is 1. The van der Waals surface area contributed by atoms with E-state index in [1.165, 1.54) is 16.9 Å². The molecule has 1 fully saturated rings. The molecule has 1 N–H and O–H groups in total. The molecule has 2 atom stereocenters. The molecular weight excluding hydrogens is 614 g/mol. The van der Waals surface area contributed by atoms with Crippen LogP contribution in [0.3, 0.4) is 0 Å². The third kappa shape index (κ3) is 9.21. The van der Waals surface area contributed by atoms with Crippen molar-refractivity contribution in [3.05, 3.63) is 78.0 Å². The number of rotatable bonds is 10. The number of nitrogens with zero attached hydrogens (tertiary/aromatic N) is 4. The van der Waals surface area contributed by atoms with Gasteiger partial charge in [-0.3, -0.25) is 24.1 Å². The van der Waals surface area contributed by atoms with Crippen LogP contribution >= 0.6 is 0 Å². The maximum absolute atomic E-state index is 14.1. The minimum Gasteiger partial charge on any atom is -0.444 e. The topological polar surface area (TPSA) is 129 Å². The Morgan fingerprint density at radius 1 is 0.896 bits per heavy atom. The van der Waals surface area contributed by atoms with Gasteiger partial charge in [0.05, 0.1) is 5.70 Å². The average molecular weight is 662 g/mol. The van der Waals surface area contributed by atoms with Gasteiger partial charge in [0.2, 0.25) is 11.8 Å². The third-order valence-electron chi connectivity index (χ3n) is 8.09. The van der Waals surface area contributed by atoms with Gasteiger partial charge in [-0.15, -0.1) is 0 Å². The van der Waals surface area contributed by atoms with Crippen molar-refractivity contribution in [3.63, 3.8) is 0 Å². The molecular formula is C36H47N5O7. The van der Waals surface area contributed by atoms with Crippen molar-refractivity contribution in [2.24, 2.45) is 5.92 Å². The number of benzene rings is 2. The summed E-state index contributed by atoms with van der Waals surface area (Å²) in [7, 11) is 1.42. The average Bonchev–Trinajstić information content (AvgIpc) is 3.05. The lowest BCUT2D eigenvalue weighted by Crippen LogP contribution is -2.59. The highest BCUT2D eigenvalue weighted by molar-refractivity contribution is 6.00. The zero-order valence-electron chi connectivity index (χ0n) is 28.7. The van der Waals surface area contributed by atoms with Crippen molar-refractivity contribution < 1.29 is 33.4 Å². The molecule has 2 aromatic rings. The van der Waals surface area contributed by atoms with Gasteiger partial charge in [-0.1, -0.05) is 74.5 Å². The lowest BCUT2D eigenvalue weighted by Gasteiger charge is -2.41. The highest BCUT2D eigenvalue weighted by Gasteiger charge is 2.41. The van der Waals surface area contributed by atoms with Crippen molar-refractivity contribution in [2.75, 3.05) is 46.4 Å². The van der Waals surface area contributed by atoms with Crippen LogP contribution in [0.25, 0.3) is 5.70 Å². The molecule has 4 rings (SSSR count). The molecule has 258 valence electrons. The first kappa shape index (κ1) is 36.1.